The van der Waals surface area contributed by atoms with Crippen molar-refractivity contribution in [2.45, 2.75) is 31.2 Å². The molecule has 0 saturated heterocycles. The quantitative estimate of drug-likeness (QED) is 0.649. The number of carbonyl (C=O) groups excluding carboxylic acids is 1. The third-order valence-electron chi connectivity index (χ3n) is 4.20. The molecule has 0 aliphatic rings. The Bertz CT molecular complexity index is 964. The summed E-state index contributed by atoms with van der Waals surface area (Å²) >= 11 is 1.35. The lowest BCUT2D eigenvalue weighted by atomic mass is 10.2. The molecule has 1 N–H and O–H groups in total. The maximum atomic E-state index is 12.6. The van der Waals surface area contributed by atoms with Gasteiger partial charge in [-0.15, -0.1) is 10.2 Å². The van der Waals surface area contributed by atoms with Crippen LogP contribution in [-0.2, 0) is 11.8 Å². The second-order valence-electron chi connectivity index (χ2n) is 6.21. The number of aryl methyl sites for hydroxylation is 2. The number of hydrogen-bond donors (Lipinski definition) is 1. The molecule has 1 atom stereocenters. The number of methoxy groups -OCH3 is 1. The number of rotatable bonds is 6. The van der Waals surface area contributed by atoms with Crippen LogP contribution in [0.15, 0.2) is 40.1 Å². The highest BCUT2D eigenvalue weighted by Crippen LogP contribution is 2.30. The van der Waals surface area contributed by atoms with E-state index in [1.807, 2.05) is 56.7 Å². The Balaban J connectivity index is 1.73. The van der Waals surface area contributed by atoms with Crippen molar-refractivity contribution >= 4 is 23.4 Å². The molecule has 0 aliphatic carbocycles. The molecule has 3 aromatic rings. The summed E-state index contributed by atoms with van der Waals surface area (Å²) in [6.45, 7) is 5.67. The van der Waals surface area contributed by atoms with Crippen LogP contribution in [0.5, 0.6) is 5.75 Å². The summed E-state index contributed by atoms with van der Waals surface area (Å²) in [6, 6.07) is 7.51. The summed E-state index contributed by atoms with van der Waals surface area (Å²) in [7, 11) is 3.45. The Labute approximate surface area is 162 Å². The van der Waals surface area contributed by atoms with E-state index >= 15 is 0 Å². The Morgan fingerprint density at radius 2 is 2.07 bits per heavy atom. The van der Waals surface area contributed by atoms with Crippen molar-refractivity contribution in [1.29, 1.82) is 0 Å². The molecule has 27 heavy (non-hydrogen) atoms. The minimum atomic E-state index is -0.364. The van der Waals surface area contributed by atoms with E-state index in [1.54, 1.807) is 13.4 Å². The zero-order valence-corrected chi connectivity index (χ0v) is 16.8. The summed E-state index contributed by atoms with van der Waals surface area (Å²) < 4.78 is 12.5. The first-order valence-corrected chi connectivity index (χ1v) is 9.34. The fraction of sp³-hybridized carbons (Fsp3) is 0.316. The van der Waals surface area contributed by atoms with Crippen LogP contribution in [0.25, 0.3) is 11.4 Å². The predicted octanol–water partition coefficient (Wildman–Crippen LogP) is 3.82. The highest BCUT2D eigenvalue weighted by atomic mass is 32.2. The molecule has 142 valence electrons. The number of hydrogen-bond acceptors (Lipinski definition) is 6. The zero-order chi connectivity index (χ0) is 19.6. The van der Waals surface area contributed by atoms with E-state index in [0.29, 0.717) is 22.4 Å². The number of carbonyl (C=O) groups is 1. The van der Waals surface area contributed by atoms with E-state index in [-0.39, 0.29) is 11.2 Å². The number of benzene rings is 1. The average Bonchev–Trinajstić information content (AvgIpc) is 3.21. The van der Waals surface area contributed by atoms with Crippen molar-refractivity contribution < 1.29 is 13.9 Å². The molecular weight excluding hydrogens is 364 g/mol. The molecule has 0 bridgehead atoms. The van der Waals surface area contributed by atoms with Crippen LogP contribution < -0.4 is 10.1 Å². The van der Waals surface area contributed by atoms with Crippen molar-refractivity contribution in [3.63, 3.8) is 0 Å². The summed E-state index contributed by atoms with van der Waals surface area (Å²) in [5.74, 6) is 1.98. The molecule has 0 radical (unpaired) electrons. The van der Waals surface area contributed by atoms with Gasteiger partial charge in [-0.1, -0.05) is 17.8 Å². The molecule has 0 aliphatic heterocycles. The smallest absolute Gasteiger partial charge is 0.237 e. The normalized spacial score (nSPS) is 12.0. The van der Waals surface area contributed by atoms with Gasteiger partial charge >= 0.3 is 0 Å². The molecule has 1 unspecified atom stereocenters. The van der Waals surface area contributed by atoms with Gasteiger partial charge in [0.05, 0.1) is 29.9 Å². The lowest BCUT2D eigenvalue weighted by Gasteiger charge is -2.14. The van der Waals surface area contributed by atoms with E-state index in [0.717, 1.165) is 16.9 Å². The second kappa shape index (κ2) is 7.87. The van der Waals surface area contributed by atoms with Crippen molar-refractivity contribution in [2.75, 3.05) is 12.4 Å². The molecular formula is C19H22N4O3S. The topological polar surface area (TPSA) is 82.2 Å². The second-order valence-corrected chi connectivity index (χ2v) is 7.52. The van der Waals surface area contributed by atoms with Crippen LogP contribution in [0.1, 0.15) is 18.2 Å². The van der Waals surface area contributed by atoms with Crippen LogP contribution in [0, 0.1) is 13.8 Å². The largest absolute Gasteiger partial charge is 0.495 e. The number of anilines is 1. The van der Waals surface area contributed by atoms with Gasteiger partial charge in [-0.25, -0.2) is 0 Å². The average molecular weight is 386 g/mol. The van der Waals surface area contributed by atoms with E-state index in [9.17, 15) is 4.79 Å². The minimum absolute atomic E-state index is 0.132. The molecule has 2 heterocycles. The van der Waals surface area contributed by atoms with E-state index in [1.165, 1.54) is 11.8 Å². The monoisotopic (exact) mass is 386 g/mol. The fourth-order valence-corrected chi connectivity index (χ4v) is 3.45. The van der Waals surface area contributed by atoms with Crippen LogP contribution in [0.3, 0.4) is 0 Å². The number of furan rings is 1. The van der Waals surface area contributed by atoms with E-state index in [4.69, 9.17) is 9.15 Å². The van der Waals surface area contributed by atoms with Crippen molar-refractivity contribution in [1.82, 2.24) is 14.8 Å². The third kappa shape index (κ3) is 4.00. The first-order chi connectivity index (χ1) is 12.9. The Hall–Kier alpha value is -2.74. The Kier molecular flexibility index (Phi) is 5.55. The molecule has 2 aromatic heterocycles. The van der Waals surface area contributed by atoms with Crippen LogP contribution in [0.2, 0.25) is 0 Å². The maximum Gasteiger partial charge on any atom is 0.237 e. The van der Waals surface area contributed by atoms with Crippen LogP contribution in [-0.4, -0.2) is 33.0 Å². The molecule has 0 saturated carbocycles. The van der Waals surface area contributed by atoms with Crippen LogP contribution >= 0.6 is 11.8 Å². The zero-order valence-electron chi connectivity index (χ0n) is 15.9. The summed E-state index contributed by atoms with van der Waals surface area (Å²) in [5.41, 5.74) is 2.58. The number of amides is 1. The highest BCUT2D eigenvalue weighted by molar-refractivity contribution is 8.00. The number of aromatic nitrogens is 3. The van der Waals surface area contributed by atoms with Crippen molar-refractivity contribution in [3.8, 4) is 17.1 Å². The fourth-order valence-electron chi connectivity index (χ4n) is 2.63. The van der Waals surface area contributed by atoms with Gasteiger partial charge in [0.1, 0.15) is 11.5 Å². The molecule has 1 amide bonds. The molecule has 0 spiro atoms. The SMILES string of the molecule is COc1ccc(C)cc1NC(=O)C(C)Sc1nnc(-c2ccoc2C)n1C. The first kappa shape index (κ1) is 19.0. The summed E-state index contributed by atoms with van der Waals surface area (Å²) in [5, 5.41) is 11.7. The third-order valence-corrected chi connectivity index (χ3v) is 5.33. The van der Waals surface area contributed by atoms with Crippen LogP contribution in [0.4, 0.5) is 5.69 Å². The Morgan fingerprint density at radius 3 is 2.74 bits per heavy atom. The maximum absolute atomic E-state index is 12.6. The number of thioether (sulfide) groups is 1. The molecule has 8 heteroatoms. The molecule has 1 aromatic carbocycles. The van der Waals surface area contributed by atoms with Crippen molar-refractivity contribution in [3.05, 3.63) is 41.9 Å². The van der Waals surface area contributed by atoms with Crippen molar-refractivity contribution in [2.24, 2.45) is 7.05 Å². The van der Waals surface area contributed by atoms with Gasteiger partial charge in [-0.05, 0) is 44.5 Å². The van der Waals surface area contributed by atoms with Gasteiger partial charge in [0.2, 0.25) is 5.91 Å². The minimum Gasteiger partial charge on any atom is -0.495 e. The van der Waals surface area contributed by atoms with E-state index in [2.05, 4.69) is 15.5 Å². The molecule has 0 fully saturated rings. The molecule has 7 nitrogen and oxygen atoms in total. The Morgan fingerprint density at radius 1 is 1.30 bits per heavy atom. The van der Waals surface area contributed by atoms with Gasteiger partial charge in [0.25, 0.3) is 0 Å². The van der Waals surface area contributed by atoms with Gasteiger partial charge in [0.15, 0.2) is 11.0 Å². The standard InChI is InChI=1S/C19H22N4O3S/c1-11-6-7-16(25-5)15(10-11)20-18(24)13(3)27-19-22-21-17(23(19)4)14-8-9-26-12(14)2/h6-10,13H,1-5H3,(H,20,24). The summed E-state index contributed by atoms with van der Waals surface area (Å²) in [4.78, 5) is 12.6. The van der Waals surface area contributed by atoms with Gasteiger partial charge in [0, 0.05) is 7.05 Å². The number of ether oxygens (including phenoxy) is 1. The van der Waals surface area contributed by atoms with Gasteiger partial charge in [-0.2, -0.15) is 0 Å². The number of nitrogens with zero attached hydrogens (tertiary/aromatic N) is 3. The van der Waals surface area contributed by atoms with Gasteiger partial charge < -0.3 is 19.0 Å². The molecule has 3 rings (SSSR count). The van der Waals surface area contributed by atoms with Gasteiger partial charge in [-0.3, -0.25) is 4.79 Å². The highest BCUT2D eigenvalue weighted by Gasteiger charge is 2.21. The predicted molar refractivity (Wildman–Crippen MR) is 105 cm³/mol. The summed E-state index contributed by atoms with van der Waals surface area (Å²) in [6.07, 6.45) is 1.62. The first-order valence-electron chi connectivity index (χ1n) is 8.46. The number of nitrogens with one attached hydrogen (secondary N) is 1. The lowest BCUT2D eigenvalue weighted by Crippen LogP contribution is -2.23. The van der Waals surface area contributed by atoms with E-state index < -0.39 is 0 Å². The lowest BCUT2D eigenvalue weighted by molar-refractivity contribution is -0.115.